The molecule has 10 heteroatoms. The van der Waals surface area contributed by atoms with Gasteiger partial charge in [-0.15, -0.1) is 0 Å². The number of rotatable bonds is 7. The summed E-state index contributed by atoms with van der Waals surface area (Å²) in [5, 5.41) is 29.1. The van der Waals surface area contributed by atoms with Crippen LogP contribution in [0.15, 0.2) is 47.4 Å². The second-order valence-electron chi connectivity index (χ2n) is 7.11. The summed E-state index contributed by atoms with van der Waals surface area (Å²) in [6.45, 7) is 2.86. The number of benzene rings is 2. The molecule has 0 aromatic heterocycles. The summed E-state index contributed by atoms with van der Waals surface area (Å²) < 4.78 is 23.1. The lowest BCUT2D eigenvalue weighted by atomic mass is 10.0. The highest BCUT2D eigenvalue weighted by Crippen LogP contribution is 2.27. The maximum Gasteiger partial charge on any atom is 0.291 e. The van der Waals surface area contributed by atoms with Gasteiger partial charge in [-0.05, 0) is 36.1 Å². The predicted molar refractivity (Wildman–Crippen MR) is 109 cm³/mol. The number of nitrogens with zero attached hydrogens (tertiary/aromatic N) is 2. The Morgan fingerprint density at radius 2 is 1.83 bits per heavy atom. The van der Waals surface area contributed by atoms with Crippen molar-refractivity contribution in [3.8, 4) is 0 Å². The van der Waals surface area contributed by atoms with E-state index in [9.17, 15) is 23.6 Å². The maximum atomic E-state index is 11.5. The molecule has 0 aliphatic carbocycles. The second-order valence-corrected chi connectivity index (χ2v) is 8.64. The topological polar surface area (TPSA) is 139 Å². The molecule has 156 valence electrons. The van der Waals surface area contributed by atoms with Gasteiger partial charge in [0, 0.05) is 37.9 Å². The van der Waals surface area contributed by atoms with Crippen molar-refractivity contribution in [1.29, 1.82) is 0 Å². The molecule has 0 atom stereocenters. The highest BCUT2D eigenvalue weighted by atomic mass is 32.2. The molecule has 1 saturated heterocycles. The van der Waals surface area contributed by atoms with Crippen LogP contribution in [-0.2, 0) is 23.1 Å². The Kier molecular flexibility index (Phi) is 6.48. The third-order valence-electron chi connectivity index (χ3n) is 5.01. The molecule has 4 N–H and O–H groups in total. The van der Waals surface area contributed by atoms with Gasteiger partial charge in [-0.3, -0.25) is 15.0 Å². The number of likely N-dealkylation sites (tertiary alicyclic amines) is 1. The van der Waals surface area contributed by atoms with Gasteiger partial charge in [0.15, 0.2) is 4.90 Å². The molecule has 0 spiro atoms. The van der Waals surface area contributed by atoms with E-state index in [-0.39, 0.29) is 6.10 Å². The van der Waals surface area contributed by atoms with Gasteiger partial charge in [0.05, 0.1) is 11.0 Å². The molecule has 0 saturated carbocycles. The normalized spacial score (nSPS) is 15.9. The van der Waals surface area contributed by atoms with E-state index < -0.39 is 25.5 Å². The molecule has 2 aromatic carbocycles. The lowest BCUT2D eigenvalue weighted by molar-refractivity contribution is -0.387. The van der Waals surface area contributed by atoms with E-state index in [1.165, 1.54) is 12.1 Å². The molecule has 2 aromatic rings. The summed E-state index contributed by atoms with van der Waals surface area (Å²) in [6, 6.07) is 11.7. The van der Waals surface area contributed by atoms with Crippen molar-refractivity contribution in [3.63, 3.8) is 0 Å². The van der Waals surface area contributed by atoms with Crippen molar-refractivity contribution in [3.05, 3.63) is 63.7 Å². The first kappa shape index (κ1) is 21.2. The van der Waals surface area contributed by atoms with E-state index in [1.807, 2.05) is 24.3 Å². The summed E-state index contributed by atoms with van der Waals surface area (Å²) in [5.74, 6) is 0. The number of anilines is 1. The summed E-state index contributed by atoms with van der Waals surface area (Å²) in [7, 11) is -4.18. The Morgan fingerprint density at radius 1 is 1.17 bits per heavy atom. The lowest BCUT2D eigenvalue weighted by Gasteiger charge is -2.30. The van der Waals surface area contributed by atoms with E-state index in [2.05, 4.69) is 10.2 Å². The number of nitrogens with two attached hydrogens (primary N) is 1. The van der Waals surface area contributed by atoms with Crippen molar-refractivity contribution in [1.82, 2.24) is 4.90 Å². The van der Waals surface area contributed by atoms with E-state index in [0.717, 1.165) is 49.7 Å². The van der Waals surface area contributed by atoms with Gasteiger partial charge >= 0.3 is 0 Å². The maximum absolute atomic E-state index is 11.5. The van der Waals surface area contributed by atoms with Gasteiger partial charge < -0.3 is 10.4 Å². The van der Waals surface area contributed by atoms with E-state index in [0.29, 0.717) is 12.2 Å². The van der Waals surface area contributed by atoms with Crippen LogP contribution in [0, 0.1) is 10.1 Å². The standard InChI is InChI=1S/C19H24N4O5S/c20-29(27,28)19-6-5-16(11-18(19)23(25)26)21-12-14-3-1-2-4-15(14)13-22-9-7-17(24)8-10-22/h1-6,11,17,21,24H,7-10,12-13H2,(H2,20,27,28). The molecule has 0 radical (unpaired) electrons. The molecule has 1 aliphatic rings. The monoisotopic (exact) mass is 420 g/mol. The zero-order valence-electron chi connectivity index (χ0n) is 15.8. The van der Waals surface area contributed by atoms with Crippen molar-refractivity contribution < 1.29 is 18.4 Å². The number of nitro groups is 1. The number of nitro benzene ring substituents is 1. The van der Waals surface area contributed by atoms with Crippen LogP contribution in [0.4, 0.5) is 11.4 Å². The van der Waals surface area contributed by atoms with Crippen molar-refractivity contribution in [2.45, 2.75) is 36.9 Å². The second kappa shape index (κ2) is 8.87. The molecule has 3 rings (SSSR count). The first-order valence-electron chi connectivity index (χ1n) is 9.26. The molecule has 0 amide bonds. The van der Waals surface area contributed by atoms with Crippen LogP contribution < -0.4 is 10.5 Å². The third-order valence-corrected chi connectivity index (χ3v) is 5.97. The van der Waals surface area contributed by atoms with Crippen LogP contribution in [0.2, 0.25) is 0 Å². The van der Waals surface area contributed by atoms with Crippen LogP contribution in [0.3, 0.4) is 0 Å². The third kappa shape index (κ3) is 5.51. The number of primary sulfonamides is 1. The van der Waals surface area contributed by atoms with Gasteiger partial charge in [0.1, 0.15) is 0 Å². The SMILES string of the molecule is NS(=O)(=O)c1ccc(NCc2ccccc2CN2CCC(O)CC2)cc1[N+](=O)[O-]. The molecule has 9 nitrogen and oxygen atoms in total. The first-order chi connectivity index (χ1) is 13.7. The molecular weight excluding hydrogens is 396 g/mol. The summed E-state index contributed by atoms with van der Waals surface area (Å²) in [5.41, 5.74) is 2.04. The zero-order chi connectivity index (χ0) is 21.0. The van der Waals surface area contributed by atoms with Crippen LogP contribution in [0.25, 0.3) is 0 Å². The smallest absolute Gasteiger partial charge is 0.291 e. The Bertz CT molecular complexity index is 988. The molecule has 0 unspecified atom stereocenters. The average Bonchev–Trinajstić information content (AvgIpc) is 2.68. The number of aliphatic hydroxyl groups excluding tert-OH is 1. The Morgan fingerprint density at radius 3 is 2.45 bits per heavy atom. The van der Waals surface area contributed by atoms with E-state index in [1.54, 1.807) is 0 Å². The van der Waals surface area contributed by atoms with Crippen molar-refractivity contribution in [2.24, 2.45) is 5.14 Å². The summed E-state index contributed by atoms with van der Waals surface area (Å²) in [6.07, 6.45) is 1.31. The number of nitrogens with one attached hydrogen (secondary N) is 1. The minimum Gasteiger partial charge on any atom is -0.393 e. The Labute approximate surface area is 169 Å². The fraction of sp³-hybridized carbons (Fsp3) is 0.368. The minimum atomic E-state index is -4.18. The number of hydrogen-bond acceptors (Lipinski definition) is 7. The predicted octanol–water partition coefficient (Wildman–Crippen LogP) is 1.81. The highest BCUT2D eigenvalue weighted by Gasteiger charge is 2.23. The van der Waals surface area contributed by atoms with Gasteiger partial charge in [0.25, 0.3) is 5.69 Å². The molecule has 1 aliphatic heterocycles. The fourth-order valence-electron chi connectivity index (χ4n) is 3.41. The average molecular weight is 420 g/mol. The van der Waals surface area contributed by atoms with Crippen LogP contribution in [0.5, 0.6) is 0 Å². The molecular formula is C19H24N4O5S. The van der Waals surface area contributed by atoms with Gasteiger partial charge in [-0.2, -0.15) is 0 Å². The first-order valence-corrected chi connectivity index (χ1v) is 10.8. The molecule has 0 bridgehead atoms. The van der Waals surface area contributed by atoms with Crippen LogP contribution in [-0.4, -0.2) is 42.5 Å². The number of aliphatic hydroxyl groups is 1. The molecule has 1 fully saturated rings. The van der Waals surface area contributed by atoms with E-state index >= 15 is 0 Å². The fourth-order valence-corrected chi connectivity index (χ4v) is 4.09. The van der Waals surface area contributed by atoms with Gasteiger partial charge in [-0.25, -0.2) is 13.6 Å². The van der Waals surface area contributed by atoms with Crippen molar-refractivity contribution >= 4 is 21.4 Å². The zero-order valence-corrected chi connectivity index (χ0v) is 16.6. The number of hydrogen-bond donors (Lipinski definition) is 3. The summed E-state index contributed by atoms with van der Waals surface area (Å²) >= 11 is 0. The largest absolute Gasteiger partial charge is 0.393 e. The Balaban J connectivity index is 1.73. The van der Waals surface area contributed by atoms with Gasteiger partial charge in [0.2, 0.25) is 10.0 Å². The quantitative estimate of drug-likeness (QED) is 0.458. The minimum absolute atomic E-state index is 0.223. The van der Waals surface area contributed by atoms with Gasteiger partial charge in [-0.1, -0.05) is 24.3 Å². The van der Waals surface area contributed by atoms with Crippen LogP contribution in [0.1, 0.15) is 24.0 Å². The summed E-state index contributed by atoms with van der Waals surface area (Å²) in [4.78, 5) is 12.2. The number of sulfonamides is 1. The Hall–Kier alpha value is -2.53. The highest BCUT2D eigenvalue weighted by molar-refractivity contribution is 7.89. The van der Waals surface area contributed by atoms with E-state index in [4.69, 9.17) is 5.14 Å². The molecule has 1 heterocycles. The molecule has 29 heavy (non-hydrogen) atoms. The lowest BCUT2D eigenvalue weighted by Crippen LogP contribution is -2.35. The number of piperidine rings is 1. The van der Waals surface area contributed by atoms with Crippen LogP contribution >= 0.6 is 0 Å². The van der Waals surface area contributed by atoms with Crippen molar-refractivity contribution in [2.75, 3.05) is 18.4 Å².